The van der Waals surface area contributed by atoms with Crippen LogP contribution in [0.3, 0.4) is 0 Å². The van der Waals surface area contributed by atoms with E-state index in [-0.39, 0.29) is 6.04 Å². The Balaban J connectivity index is 1.99. The lowest BCUT2D eigenvalue weighted by atomic mass is 10.0. The second-order valence-electron chi connectivity index (χ2n) is 4.77. The highest BCUT2D eigenvalue weighted by Crippen LogP contribution is 2.25. The molecule has 0 aliphatic rings. The number of aliphatic hydroxyl groups is 1. The van der Waals surface area contributed by atoms with Crippen molar-refractivity contribution in [2.24, 2.45) is 0 Å². The molecule has 0 amide bonds. The standard InChI is InChI=1S/C14H17ClN2OS/c1-10(11-5-6-16-13(15)8-11)17-9-14(2,18)12-4-3-7-19-12/h3-8,10,17-18H,9H2,1-2H3. The quantitative estimate of drug-likeness (QED) is 0.832. The Hall–Kier alpha value is -0.940. The maximum Gasteiger partial charge on any atom is 0.129 e. The molecular formula is C14H17ClN2OS. The van der Waals surface area contributed by atoms with Gasteiger partial charge in [-0.2, -0.15) is 0 Å². The van der Waals surface area contributed by atoms with Crippen LogP contribution >= 0.6 is 22.9 Å². The summed E-state index contributed by atoms with van der Waals surface area (Å²) in [6.07, 6.45) is 1.69. The number of nitrogens with zero attached hydrogens (tertiary/aromatic N) is 1. The predicted octanol–water partition coefficient (Wildman–Crippen LogP) is 3.35. The zero-order chi connectivity index (χ0) is 13.9. The number of pyridine rings is 1. The van der Waals surface area contributed by atoms with Crippen LogP contribution < -0.4 is 5.32 Å². The van der Waals surface area contributed by atoms with Crippen LogP contribution in [0.5, 0.6) is 0 Å². The molecule has 0 saturated carbocycles. The van der Waals surface area contributed by atoms with Crippen molar-refractivity contribution in [1.82, 2.24) is 10.3 Å². The summed E-state index contributed by atoms with van der Waals surface area (Å²) in [6, 6.07) is 7.75. The van der Waals surface area contributed by atoms with E-state index in [1.54, 1.807) is 17.5 Å². The van der Waals surface area contributed by atoms with Gasteiger partial charge in [-0.15, -0.1) is 11.3 Å². The minimum Gasteiger partial charge on any atom is -0.383 e. The van der Waals surface area contributed by atoms with E-state index in [4.69, 9.17) is 11.6 Å². The van der Waals surface area contributed by atoms with Crippen LogP contribution in [0.15, 0.2) is 35.8 Å². The fraction of sp³-hybridized carbons (Fsp3) is 0.357. The largest absolute Gasteiger partial charge is 0.383 e. The Kier molecular flexibility index (Phi) is 4.58. The van der Waals surface area contributed by atoms with Gasteiger partial charge in [0.2, 0.25) is 0 Å². The lowest BCUT2D eigenvalue weighted by molar-refractivity contribution is 0.0581. The summed E-state index contributed by atoms with van der Waals surface area (Å²) in [4.78, 5) is 4.92. The van der Waals surface area contributed by atoms with Gasteiger partial charge in [0.15, 0.2) is 0 Å². The fourth-order valence-electron chi connectivity index (χ4n) is 1.83. The van der Waals surface area contributed by atoms with Crippen molar-refractivity contribution in [1.29, 1.82) is 0 Å². The Morgan fingerprint density at radius 2 is 2.32 bits per heavy atom. The van der Waals surface area contributed by atoms with E-state index in [0.29, 0.717) is 11.7 Å². The minimum absolute atomic E-state index is 0.104. The van der Waals surface area contributed by atoms with Crippen LogP contribution in [0.25, 0.3) is 0 Å². The van der Waals surface area contributed by atoms with Gasteiger partial charge in [-0.1, -0.05) is 17.7 Å². The summed E-state index contributed by atoms with van der Waals surface area (Å²) >= 11 is 7.43. The normalized spacial score (nSPS) is 16.0. The van der Waals surface area contributed by atoms with E-state index in [1.807, 2.05) is 43.5 Å². The number of hydrogen-bond acceptors (Lipinski definition) is 4. The molecule has 0 spiro atoms. The van der Waals surface area contributed by atoms with E-state index in [1.165, 1.54) is 0 Å². The van der Waals surface area contributed by atoms with Crippen LogP contribution in [-0.2, 0) is 5.60 Å². The first kappa shape index (κ1) is 14.5. The number of rotatable bonds is 5. The van der Waals surface area contributed by atoms with Gasteiger partial charge in [-0.25, -0.2) is 4.98 Å². The molecule has 0 aliphatic carbocycles. The third-order valence-corrected chi connectivity index (χ3v) is 4.38. The Morgan fingerprint density at radius 3 is 2.95 bits per heavy atom. The molecule has 2 aromatic rings. The first-order valence-corrected chi connectivity index (χ1v) is 7.36. The molecule has 19 heavy (non-hydrogen) atoms. The molecule has 0 saturated heterocycles. The SMILES string of the molecule is CC(NCC(C)(O)c1cccs1)c1ccnc(Cl)c1. The van der Waals surface area contributed by atoms with Crippen molar-refractivity contribution in [3.8, 4) is 0 Å². The van der Waals surface area contributed by atoms with Gasteiger partial charge in [0.05, 0.1) is 0 Å². The topological polar surface area (TPSA) is 45.1 Å². The van der Waals surface area contributed by atoms with Crippen molar-refractivity contribution in [3.05, 3.63) is 51.4 Å². The van der Waals surface area contributed by atoms with Gasteiger partial charge >= 0.3 is 0 Å². The molecule has 0 aromatic carbocycles. The Labute approximate surface area is 122 Å². The molecule has 2 rings (SSSR count). The number of thiophene rings is 1. The summed E-state index contributed by atoms with van der Waals surface area (Å²) in [5.74, 6) is 0. The van der Waals surface area contributed by atoms with Crippen molar-refractivity contribution in [2.45, 2.75) is 25.5 Å². The molecule has 0 radical (unpaired) electrons. The summed E-state index contributed by atoms with van der Waals surface area (Å²) in [7, 11) is 0. The zero-order valence-corrected chi connectivity index (χ0v) is 12.5. The van der Waals surface area contributed by atoms with E-state index in [2.05, 4.69) is 10.3 Å². The van der Waals surface area contributed by atoms with Gasteiger partial charge in [0, 0.05) is 23.7 Å². The van der Waals surface area contributed by atoms with Crippen LogP contribution in [0, 0.1) is 0 Å². The second-order valence-corrected chi connectivity index (χ2v) is 6.10. The maximum atomic E-state index is 10.4. The summed E-state index contributed by atoms with van der Waals surface area (Å²) < 4.78 is 0. The molecule has 2 aromatic heterocycles. The van der Waals surface area contributed by atoms with Gasteiger partial charge < -0.3 is 10.4 Å². The van der Waals surface area contributed by atoms with Gasteiger partial charge in [0.1, 0.15) is 10.8 Å². The molecule has 3 nitrogen and oxygen atoms in total. The van der Waals surface area contributed by atoms with E-state index < -0.39 is 5.60 Å². The van der Waals surface area contributed by atoms with Crippen molar-refractivity contribution < 1.29 is 5.11 Å². The molecule has 0 aliphatic heterocycles. The smallest absolute Gasteiger partial charge is 0.129 e. The first-order valence-electron chi connectivity index (χ1n) is 6.10. The maximum absolute atomic E-state index is 10.4. The van der Waals surface area contributed by atoms with E-state index in [9.17, 15) is 5.11 Å². The van der Waals surface area contributed by atoms with Crippen LogP contribution in [0.4, 0.5) is 0 Å². The first-order chi connectivity index (χ1) is 8.99. The summed E-state index contributed by atoms with van der Waals surface area (Å²) in [6.45, 7) is 4.34. The molecule has 2 atom stereocenters. The minimum atomic E-state index is -0.862. The lowest BCUT2D eigenvalue weighted by Gasteiger charge is -2.25. The fourth-order valence-corrected chi connectivity index (χ4v) is 2.80. The highest BCUT2D eigenvalue weighted by Gasteiger charge is 2.24. The zero-order valence-electron chi connectivity index (χ0n) is 10.9. The third kappa shape index (κ3) is 3.76. The van der Waals surface area contributed by atoms with Crippen LogP contribution in [0.1, 0.15) is 30.3 Å². The Morgan fingerprint density at radius 1 is 1.53 bits per heavy atom. The predicted molar refractivity (Wildman–Crippen MR) is 79.6 cm³/mol. The molecule has 2 heterocycles. The summed E-state index contributed by atoms with van der Waals surface area (Å²) in [5.41, 5.74) is 0.196. The third-order valence-electron chi connectivity index (χ3n) is 3.06. The molecule has 2 N–H and O–H groups in total. The van der Waals surface area contributed by atoms with Gasteiger partial charge in [0.25, 0.3) is 0 Å². The summed E-state index contributed by atoms with van der Waals surface area (Å²) in [5, 5.41) is 16.2. The van der Waals surface area contributed by atoms with Crippen molar-refractivity contribution >= 4 is 22.9 Å². The number of nitrogens with one attached hydrogen (secondary N) is 1. The average molecular weight is 297 g/mol. The highest BCUT2D eigenvalue weighted by atomic mass is 35.5. The van der Waals surface area contributed by atoms with E-state index in [0.717, 1.165) is 10.4 Å². The highest BCUT2D eigenvalue weighted by molar-refractivity contribution is 7.10. The molecule has 102 valence electrons. The van der Waals surface area contributed by atoms with Gasteiger partial charge in [-0.3, -0.25) is 0 Å². The van der Waals surface area contributed by atoms with E-state index >= 15 is 0 Å². The molecule has 0 fully saturated rings. The van der Waals surface area contributed by atoms with Gasteiger partial charge in [-0.05, 0) is 43.0 Å². The lowest BCUT2D eigenvalue weighted by Crippen LogP contribution is -2.36. The Bertz CT molecular complexity index is 528. The molecular weight excluding hydrogens is 280 g/mol. The molecule has 5 heteroatoms. The van der Waals surface area contributed by atoms with Crippen LogP contribution in [-0.4, -0.2) is 16.6 Å². The molecule has 0 bridgehead atoms. The number of halogens is 1. The van der Waals surface area contributed by atoms with Crippen molar-refractivity contribution in [2.75, 3.05) is 6.54 Å². The van der Waals surface area contributed by atoms with Crippen molar-refractivity contribution in [3.63, 3.8) is 0 Å². The second kappa shape index (κ2) is 6.01. The number of hydrogen-bond donors (Lipinski definition) is 2. The number of aromatic nitrogens is 1. The van der Waals surface area contributed by atoms with Crippen LogP contribution in [0.2, 0.25) is 5.15 Å². The average Bonchev–Trinajstić information content (AvgIpc) is 2.90. The monoisotopic (exact) mass is 296 g/mol. The molecule has 2 unspecified atom stereocenters.